The first-order chi connectivity index (χ1) is 11.6. The zero-order valence-electron chi connectivity index (χ0n) is 14.9. The summed E-state index contributed by atoms with van der Waals surface area (Å²) in [5, 5.41) is 7.58. The maximum absolute atomic E-state index is 5.56. The second kappa shape index (κ2) is 8.15. The highest BCUT2D eigenvalue weighted by Crippen LogP contribution is 2.44. The fourth-order valence-corrected chi connectivity index (χ4v) is 4.45. The lowest BCUT2D eigenvalue weighted by Gasteiger charge is -2.24. The molecule has 0 bridgehead atoms. The first kappa shape index (κ1) is 17.5. The second-order valence-electron chi connectivity index (χ2n) is 7.54. The summed E-state index contributed by atoms with van der Waals surface area (Å²) in [6.45, 7) is 6.70. The van der Waals surface area contributed by atoms with Crippen molar-refractivity contribution in [3.8, 4) is 0 Å². The lowest BCUT2D eigenvalue weighted by atomic mass is 9.88. The zero-order chi connectivity index (χ0) is 16.9. The van der Waals surface area contributed by atoms with Gasteiger partial charge in [-0.25, -0.2) is 0 Å². The molecule has 0 radical (unpaired) electrons. The summed E-state index contributed by atoms with van der Waals surface area (Å²) >= 11 is 5.56. The minimum absolute atomic E-state index is 0.692. The van der Waals surface area contributed by atoms with Crippen molar-refractivity contribution in [2.75, 3.05) is 11.9 Å². The van der Waals surface area contributed by atoms with Crippen LogP contribution < -0.4 is 10.6 Å². The van der Waals surface area contributed by atoms with Crippen molar-refractivity contribution >= 4 is 23.0 Å². The first-order valence-electron chi connectivity index (χ1n) is 9.47. The van der Waals surface area contributed by atoms with Crippen molar-refractivity contribution in [2.45, 2.75) is 70.1 Å². The molecule has 24 heavy (non-hydrogen) atoms. The summed E-state index contributed by atoms with van der Waals surface area (Å²) in [6.07, 6.45) is 10.7. The van der Waals surface area contributed by atoms with E-state index in [1.165, 1.54) is 68.2 Å². The minimum Gasteiger partial charge on any atom is -0.359 e. The lowest BCUT2D eigenvalue weighted by molar-refractivity contribution is 0.704. The molecule has 2 aliphatic carbocycles. The van der Waals surface area contributed by atoms with Crippen molar-refractivity contribution in [1.82, 2.24) is 5.32 Å². The third kappa shape index (κ3) is 4.18. The molecule has 0 amide bonds. The van der Waals surface area contributed by atoms with Crippen molar-refractivity contribution < 1.29 is 0 Å². The van der Waals surface area contributed by atoms with Crippen molar-refractivity contribution in [3.05, 3.63) is 41.5 Å². The monoisotopic (exact) mass is 342 g/mol. The standard InChI is InChI=1S/C21H30N2S/c1-15(2)14-22-21(24)23-20-18(16-8-3-4-9-16)12-7-13-19(20)17-10-5-6-11-17/h7,12-13,16-17H,1,3-6,8-11,14H2,2H3,(H2,22,23,24). The number of anilines is 1. The molecule has 0 aromatic heterocycles. The van der Waals surface area contributed by atoms with Crippen LogP contribution in [-0.4, -0.2) is 11.7 Å². The summed E-state index contributed by atoms with van der Waals surface area (Å²) in [7, 11) is 0. The van der Waals surface area contributed by atoms with E-state index in [2.05, 4.69) is 35.4 Å². The van der Waals surface area contributed by atoms with E-state index < -0.39 is 0 Å². The van der Waals surface area contributed by atoms with E-state index in [0.717, 1.165) is 17.2 Å². The van der Waals surface area contributed by atoms with Gasteiger partial charge in [0.05, 0.1) is 0 Å². The maximum atomic E-state index is 5.56. The van der Waals surface area contributed by atoms with Gasteiger partial charge in [-0.05, 0) is 67.8 Å². The molecule has 2 nitrogen and oxygen atoms in total. The van der Waals surface area contributed by atoms with Crippen LogP contribution in [0.15, 0.2) is 30.4 Å². The van der Waals surface area contributed by atoms with Gasteiger partial charge in [-0.3, -0.25) is 0 Å². The number of thiocarbonyl (C=S) groups is 1. The van der Waals surface area contributed by atoms with Gasteiger partial charge >= 0.3 is 0 Å². The van der Waals surface area contributed by atoms with Crippen molar-refractivity contribution in [3.63, 3.8) is 0 Å². The van der Waals surface area contributed by atoms with E-state index >= 15 is 0 Å². The first-order valence-corrected chi connectivity index (χ1v) is 9.88. The van der Waals surface area contributed by atoms with E-state index in [9.17, 15) is 0 Å². The number of hydrogen-bond acceptors (Lipinski definition) is 1. The lowest BCUT2D eigenvalue weighted by Crippen LogP contribution is -2.30. The molecule has 3 heteroatoms. The average Bonchev–Trinajstić information content (AvgIpc) is 3.26. The number of benzene rings is 1. The molecule has 0 atom stereocenters. The number of nitrogens with one attached hydrogen (secondary N) is 2. The normalized spacial score (nSPS) is 18.7. The van der Waals surface area contributed by atoms with Crippen LogP contribution in [0.4, 0.5) is 5.69 Å². The van der Waals surface area contributed by atoms with E-state index in [-0.39, 0.29) is 0 Å². The highest BCUT2D eigenvalue weighted by atomic mass is 32.1. The molecule has 130 valence electrons. The summed E-state index contributed by atoms with van der Waals surface area (Å²) in [6, 6.07) is 6.90. The van der Waals surface area contributed by atoms with Crippen LogP contribution in [0.2, 0.25) is 0 Å². The third-order valence-corrected chi connectivity index (χ3v) is 5.75. The molecule has 2 N–H and O–H groups in total. The predicted molar refractivity (Wildman–Crippen MR) is 108 cm³/mol. The Hall–Kier alpha value is -1.35. The van der Waals surface area contributed by atoms with Gasteiger partial charge < -0.3 is 10.6 Å². The van der Waals surface area contributed by atoms with Crippen molar-refractivity contribution in [2.24, 2.45) is 0 Å². The quantitative estimate of drug-likeness (QED) is 0.517. The molecular weight excluding hydrogens is 312 g/mol. The molecular formula is C21H30N2S. The van der Waals surface area contributed by atoms with E-state index in [0.29, 0.717) is 11.8 Å². The van der Waals surface area contributed by atoms with Gasteiger partial charge in [0.1, 0.15) is 0 Å². The smallest absolute Gasteiger partial charge is 0.171 e. The molecule has 2 aliphatic rings. The molecule has 1 aromatic carbocycles. The highest BCUT2D eigenvalue weighted by molar-refractivity contribution is 7.80. The zero-order valence-corrected chi connectivity index (χ0v) is 15.7. The Kier molecular flexibility index (Phi) is 5.94. The van der Waals surface area contributed by atoms with Gasteiger partial charge in [-0.2, -0.15) is 0 Å². The van der Waals surface area contributed by atoms with Gasteiger partial charge in [-0.1, -0.05) is 56.0 Å². The van der Waals surface area contributed by atoms with Crippen LogP contribution in [0.5, 0.6) is 0 Å². The summed E-state index contributed by atoms with van der Waals surface area (Å²) in [5.41, 5.74) is 5.36. The van der Waals surface area contributed by atoms with Gasteiger partial charge in [-0.15, -0.1) is 0 Å². The van der Waals surface area contributed by atoms with Gasteiger partial charge in [0.25, 0.3) is 0 Å². The Morgan fingerprint density at radius 3 is 2.00 bits per heavy atom. The van der Waals surface area contributed by atoms with Crippen LogP contribution in [0.3, 0.4) is 0 Å². The molecule has 0 saturated heterocycles. The minimum atomic E-state index is 0.692. The van der Waals surface area contributed by atoms with Gasteiger partial charge in [0.15, 0.2) is 5.11 Å². The number of hydrogen-bond donors (Lipinski definition) is 2. The van der Waals surface area contributed by atoms with Gasteiger partial charge in [0, 0.05) is 12.2 Å². The molecule has 0 spiro atoms. The van der Waals surface area contributed by atoms with E-state index in [4.69, 9.17) is 12.2 Å². The molecule has 2 fully saturated rings. The van der Waals surface area contributed by atoms with Crippen LogP contribution in [0.1, 0.15) is 81.3 Å². The van der Waals surface area contributed by atoms with Crippen molar-refractivity contribution in [1.29, 1.82) is 0 Å². The number of para-hydroxylation sites is 1. The SMILES string of the molecule is C=C(C)CNC(=S)Nc1c(C2CCCC2)cccc1C1CCCC1. The maximum Gasteiger partial charge on any atom is 0.171 e. The molecule has 2 saturated carbocycles. The Morgan fingerprint density at radius 2 is 1.54 bits per heavy atom. The van der Waals surface area contributed by atoms with Crippen LogP contribution in [0, 0.1) is 0 Å². The Labute approximate surface area is 152 Å². The average molecular weight is 343 g/mol. The fraction of sp³-hybridized carbons (Fsp3) is 0.571. The fourth-order valence-electron chi connectivity index (χ4n) is 4.28. The molecule has 1 aromatic rings. The Morgan fingerprint density at radius 1 is 1.04 bits per heavy atom. The van der Waals surface area contributed by atoms with Gasteiger partial charge in [0.2, 0.25) is 0 Å². The number of rotatable bonds is 5. The predicted octanol–water partition coefficient (Wildman–Crippen LogP) is 5.86. The largest absolute Gasteiger partial charge is 0.359 e. The van der Waals surface area contributed by atoms with Crippen LogP contribution in [0.25, 0.3) is 0 Å². The van der Waals surface area contributed by atoms with Crippen LogP contribution in [-0.2, 0) is 0 Å². The molecule has 0 aliphatic heterocycles. The molecule has 0 heterocycles. The molecule has 3 rings (SSSR count). The van der Waals surface area contributed by atoms with E-state index in [1.54, 1.807) is 0 Å². The Bertz CT molecular complexity index is 562. The van der Waals surface area contributed by atoms with Crippen LogP contribution >= 0.6 is 12.2 Å². The summed E-state index contributed by atoms with van der Waals surface area (Å²) in [4.78, 5) is 0. The molecule has 0 unspecified atom stereocenters. The topological polar surface area (TPSA) is 24.1 Å². The highest BCUT2D eigenvalue weighted by Gasteiger charge is 2.26. The summed E-state index contributed by atoms with van der Waals surface area (Å²) in [5.74, 6) is 1.38. The summed E-state index contributed by atoms with van der Waals surface area (Å²) < 4.78 is 0. The third-order valence-electron chi connectivity index (χ3n) is 5.51. The second-order valence-corrected chi connectivity index (χ2v) is 7.95. The Balaban J connectivity index is 1.86. The van der Waals surface area contributed by atoms with E-state index in [1.807, 2.05) is 6.92 Å².